The van der Waals surface area contributed by atoms with Crippen LogP contribution in [0.4, 0.5) is 0 Å². The van der Waals surface area contributed by atoms with Gasteiger partial charge in [0.1, 0.15) is 0 Å². The van der Waals surface area contributed by atoms with E-state index in [4.69, 9.17) is 4.99 Å². The molecule has 1 aromatic rings. The van der Waals surface area contributed by atoms with E-state index in [9.17, 15) is 0 Å². The number of hydrogen-bond donors (Lipinski definition) is 1. The second kappa shape index (κ2) is 6.87. The lowest BCUT2D eigenvalue weighted by Gasteiger charge is -2.32. The van der Waals surface area contributed by atoms with E-state index in [1.807, 2.05) is 11.8 Å². The molecule has 3 heteroatoms. The van der Waals surface area contributed by atoms with Crippen molar-refractivity contribution in [2.24, 2.45) is 16.8 Å². The van der Waals surface area contributed by atoms with Crippen molar-refractivity contribution in [2.45, 2.75) is 51.6 Å². The molecule has 114 valence electrons. The summed E-state index contributed by atoms with van der Waals surface area (Å²) >= 11 is 1.90. The molecule has 2 nitrogen and oxygen atoms in total. The summed E-state index contributed by atoms with van der Waals surface area (Å²) in [5.41, 5.74) is 1.40. The van der Waals surface area contributed by atoms with Gasteiger partial charge in [0.25, 0.3) is 0 Å². The molecule has 0 spiro atoms. The van der Waals surface area contributed by atoms with E-state index in [1.54, 1.807) is 0 Å². The lowest BCUT2D eigenvalue weighted by molar-refractivity contribution is 0.256. The third-order valence-electron chi connectivity index (χ3n) is 4.53. The molecule has 1 aliphatic carbocycles. The SMILES string of the molecule is CC1CC(C)CC(NC2=NC(Cc3ccccc3)CS2)C1. The van der Waals surface area contributed by atoms with Gasteiger partial charge in [-0.15, -0.1) is 0 Å². The van der Waals surface area contributed by atoms with Crippen LogP contribution in [-0.4, -0.2) is 23.0 Å². The van der Waals surface area contributed by atoms with Gasteiger partial charge in [0.15, 0.2) is 5.17 Å². The van der Waals surface area contributed by atoms with Gasteiger partial charge < -0.3 is 5.32 Å². The zero-order valence-corrected chi connectivity index (χ0v) is 13.9. The normalized spacial score (nSPS) is 32.8. The molecule has 0 radical (unpaired) electrons. The number of nitrogens with zero attached hydrogens (tertiary/aromatic N) is 1. The van der Waals surface area contributed by atoms with E-state index >= 15 is 0 Å². The molecule has 3 rings (SSSR count). The quantitative estimate of drug-likeness (QED) is 0.908. The van der Waals surface area contributed by atoms with Gasteiger partial charge in [0.2, 0.25) is 0 Å². The van der Waals surface area contributed by atoms with Gasteiger partial charge in [0, 0.05) is 11.8 Å². The van der Waals surface area contributed by atoms with Crippen LogP contribution in [-0.2, 0) is 6.42 Å². The van der Waals surface area contributed by atoms with Gasteiger partial charge in [-0.25, -0.2) is 0 Å². The number of hydrogen-bond acceptors (Lipinski definition) is 3. The fourth-order valence-electron chi connectivity index (χ4n) is 3.72. The average molecular weight is 302 g/mol. The zero-order valence-electron chi connectivity index (χ0n) is 13.1. The van der Waals surface area contributed by atoms with E-state index in [2.05, 4.69) is 49.5 Å². The zero-order chi connectivity index (χ0) is 14.7. The smallest absolute Gasteiger partial charge is 0.157 e. The molecule has 1 aliphatic heterocycles. The Labute approximate surface area is 132 Å². The van der Waals surface area contributed by atoms with Crippen LogP contribution in [0.15, 0.2) is 35.3 Å². The minimum Gasteiger partial charge on any atom is -0.362 e. The highest BCUT2D eigenvalue weighted by Crippen LogP contribution is 2.29. The number of rotatable bonds is 3. The summed E-state index contributed by atoms with van der Waals surface area (Å²) in [6.45, 7) is 4.76. The summed E-state index contributed by atoms with van der Waals surface area (Å²) in [7, 11) is 0. The largest absolute Gasteiger partial charge is 0.362 e. The van der Waals surface area contributed by atoms with Crippen LogP contribution in [0.3, 0.4) is 0 Å². The van der Waals surface area contributed by atoms with Crippen molar-refractivity contribution >= 4 is 16.9 Å². The van der Waals surface area contributed by atoms with Crippen molar-refractivity contribution in [1.29, 1.82) is 0 Å². The van der Waals surface area contributed by atoms with Crippen molar-refractivity contribution in [2.75, 3.05) is 5.75 Å². The molecular weight excluding hydrogens is 276 g/mol. The van der Waals surface area contributed by atoms with E-state index in [0.29, 0.717) is 12.1 Å². The maximum atomic E-state index is 4.90. The molecule has 0 aromatic heterocycles. The second-order valence-electron chi connectivity index (χ2n) is 6.85. The van der Waals surface area contributed by atoms with Crippen LogP contribution in [0.25, 0.3) is 0 Å². The molecule has 3 unspecified atom stereocenters. The molecule has 0 saturated heterocycles. The van der Waals surface area contributed by atoms with Crippen molar-refractivity contribution < 1.29 is 0 Å². The number of thioether (sulfide) groups is 1. The molecule has 1 aromatic carbocycles. The second-order valence-corrected chi connectivity index (χ2v) is 7.86. The number of amidine groups is 1. The Hall–Kier alpha value is -0.960. The Bertz CT molecular complexity index is 475. The van der Waals surface area contributed by atoms with E-state index in [1.165, 1.54) is 30.0 Å². The molecule has 1 N–H and O–H groups in total. The van der Waals surface area contributed by atoms with Gasteiger partial charge in [0.05, 0.1) is 6.04 Å². The summed E-state index contributed by atoms with van der Waals surface area (Å²) in [6.07, 6.45) is 5.05. The third-order valence-corrected chi connectivity index (χ3v) is 5.58. The predicted octanol–water partition coefficient (Wildman–Crippen LogP) is 4.11. The minimum atomic E-state index is 0.443. The van der Waals surface area contributed by atoms with Crippen LogP contribution in [0.1, 0.15) is 38.7 Å². The average Bonchev–Trinajstić information content (AvgIpc) is 2.86. The Morgan fingerprint density at radius 3 is 2.52 bits per heavy atom. The van der Waals surface area contributed by atoms with Crippen LogP contribution in [0.5, 0.6) is 0 Å². The molecule has 0 amide bonds. The first kappa shape index (κ1) is 15.0. The van der Waals surface area contributed by atoms with Gasteiger partial charge >= 0.3 is 0 Å². The molecule has 0 bridgehead atoms. The fourth-order valence-corrected chi connectivity index (χ4v) is 4.74. The van der Waals surface area contributed by atoms with Gasteiger partial charge in [-0.2, -0.15) is 0 Å². The Balaban J connectivity index is 1.54. The summed E-state index contributed by atoms with van der Waals surface area (Å²) in [5.74, 6) is 2.81. The standard InChI is InChI=1S/C18H26N2S/c1-13-8-14(2)10-16(9-13)19-18-20-17(12-21-18)11-15-6-4-3-5-7-15/h3-7,13-14,16-17H,8-12H2,1-2H3,(H,19,20). The Morgan fingerprint density at radius 1 is 1.10 bits per heavy atom. The van der Waals surface area contributed by atoms with E-state index in [-0.39, 0.29) is 0 Å². The van der Waals surface area contributed by atoms with Crippen LogP contribution < -0.4 is 5.32 Å². The van der Waals surface area contributed by atoms with Gasteiger partial charge in [-0.3, -0.25) is 4.99 Å². The first-order valence-electron chi connectivity index (χ1n) is 8.20. The van der Waals surface area contributed by atoms with Gasteiger partial charge in [-0.1, -0.05) is 55.9 Å². The van der Waals surface area contributed by atoms with Crippen molar-refractivity contribution in [1.82, 2.24) is 5.32 Å². The monoisotopic (exact) mass is 302 g/mol. The summed E-state index contributed by atoms with van der Waals surface area (Å²) in [4.78, 5) is 4.90. The Morgan fingerprint density at radius 2 is 1.81 bits per heavy atom. The maximum Gasteiger partial charge on any atom is 0.157 e. The predicted molar refractivity (Wildman–Crippen MR) is 92.9 cm³/mol. The molecule has 1 fully saturated rings. The first-order chi connectivity index (χ1) is 10.2. The summed E-state index contributed by atoms with van der Waals surface area (Å²) in [5, 5.41) is 4.89. The molecule has 1 saturated carbocycles. The first-order valence-corrected chi connectivity index (χ1v) is 9.18. The fraction of sp³-hybridized carbons (Fsp3) is 0.611. The lowest BCUT2D eigenvalue weighted by Crippen LogP contribution is -2.38. The topological polar surface area (TPSA) is 24.4 Å². The molecule has 3 atom stereocenters. The third kappa shape index (κ3) is 4.26. The van der Waals surface area contributed by atoms with Crippen LogP contribution in [0, 0.1) is 11.8 Å². The van der Waals surface area contributed by atoms with Crippen molar-refractivity contribution in [3.63, 3.8) is 0 Å². The molecular formula is C18H26N2S. The number of nitrogens with one attached hydrogen (secondary N) is 1. The number of aliphatic imine (C=N–C) groups is 1. The van der Waals surface area contributed by atoms with E-state index in [0.717, 1.165) is 24.0 Å². The highest BCUT2D eigenvalue weighted by atomic mass is 32.2. The molecule has 2 aliphatic rings. The van der Waals surface area contributed by atoms with Crippen LogP contribution >= 0.6 is 11.8 Å². The van der Waals surface area contributed by atoms with Crippen molar-refractivity contribution in [3.8, 4) is 0 Å². The maximum absolute atomic E-state index is 4.90. The Kier molecular flexibility index (Phi) is 4.89. The highest BCUT2D eigenvalue weighted by Gasteiger charge is 2.26. The minimum absolute atomic E-state index is 0.443. The molecule has 1 heterocycles. The lowest BCUT2D eigenvalue weighted by atomic mass is 9.80. The van der Waals surface area contributed by atoms with Crippen LogP contribution in [0.2, 0.25) is 0 Å². The number of benzene rings is 1. The summed E-state index contributed by atoms with van der Waals surface area (Å²) in [6, 6.07) is 11.8. The highest BCUT2D eigenvalue weighted by molar-refractivity contribution is 8.14. The van der Waals surface area contributed by atoms with Crippen molar-refractivity contribution in [3.05, 3.63) is 35.9 Å². The molecule has 21 heavy (non-hydrogen) atoms. The van der Waals surface area contributed by atoms with E-state index < -0.39 is 0 Å². The summed E-state index contributed by atoms with van der Waals surface area (Å²) < 4.78 is 0. The van der Waals surface area contributed by atoms with Gasteiger partial charge in [-0.05, 0) is 43.1 Å².